The third-order valence-corrected chi connectivity index (χ3v) is 6.44. The smallest absolute Gasteiger partial charge is 0.378 e. The third-order valence-electron chi connectivity index (χ3n) is 6.44. The number of rotatable bonds is 4. The summed E-state index contributed by atoms with van der Waals surface area (Å²) in [6.07, 6.45) is -3.09. The number of ether oxygens (including phenoxy) is 1. The van der Waals surface area contributed by atoms with E-state index in [1.54, 1.807) is 24.0 Å². The molecule has 36 heavy (non-hydrogen) atoms. The van der Waals surface area contributed by atoms with Crippen molar-refractivity contribution in [3.05, 3.63) is 59.5 Å². The Morgan fingerprint density at radius 1 is 0.861 bits per heavy atom. The molecule has 1 aromatic carbocycles. The largest absolute Gasteiger partial charge is 0.419 e. The summed E-state index contributed by atoms with van der Waals surface area (Å²) in [5, 5.41) is 0. The van der Waals surface area contributed by atoms with E-state index in [9.17, 15) is 17.6 Å². The summed E-state index contributed by atoms with van der Waals surface area (Å²) in [7, 11) is 0. The van der Waals surface area contributed by atoms with Gasteiger partial charge in [-0.25, -0.2) is 14.4 Å². The minimum absolute atomic E-state index is 0.0520. The van der Waals surface area contributed by atoms with Crippen molar-refractivity contribution in [2.24, 2.45) is 0 Å². The monoisotopic (exact) mass is 502 g/mol. The Bertz CT molecular complexity index is 1220. The van der Waals surface area contributed by atoms with Crippen LogP contribution in [0.4, 0.5) is 35.1 Å². The average Bonchev–Trinajstić information content (AvgIpc) is 2.90. The summed E-state index contributed by atoms with van der Waals surface area (Å²) in [5.41, 5.74) is 1.22. The van der Waals surface area contributed by atoms with Crippen molar-refractivity contribution in [1.29, 1.82) is 0 Å². The van der Waals surface area contributed by atoms with Crippen LogP contribution in [0.15, 0.2) is 42.6 Å². The van der Waals surface area contributed by atoms with E-state index in [0.29, 0.717) is 75.5 Å². The van der Waals surface area contributed by atoms with Crippen LogP contribution in [0.3, 0.4) is 0 Å². The molecule has 11 heteroatoms. The molecule has 2 aliphatic rings. The van der Waals surface area contributed by atoms with Crippen LogP contribution in [0.5, 0.6) is 0 Å². The van der Waals surface area contributed by atoms with Gasteiger partial charge in [0.05, 0.1) is 24.5 Å². The highest BCUT2D eigenvalue weighted by atomic mass is 19.4. The standard InChI is InChI=1S/C25H26F4N6O/c1-17-15-18(4-5-20(17)26)21-16-22(32-24(31-21)35-11-13-36-14-12-35)33-7-9-34(10-8-33)23-19(25(27,28)29)3-2-6-30-23/h2-6,15-16H,7-14H2,1H3. The number of piperazine rings is 1. The third kappa shape index (κ3) is 5.06. The highest BCUT2D eigenvalue weighted by Gasteiger charge is 2.36. The normalized spacial score (nSPS) is 17.0. The van der Waals surface area contributed by atoms with Crippen molar-refractivity contribution >= 4 is 17.6 Å². The van der Waals surface area contributed by atoms with Crippen LogP contribution in [0.25, 0.3) is 11.3 Å². The molecule has 2 aromatic heterocycles. The molecule has 3 aromatic rings. The summed E-state index contributed by atoms with van der Waals surface area (Å²) in [6.45, 7) is 5.81. The van der Waals surface area contributed by atoms with E-state index < -0.39 is 11.7 Å². The van der Waals surface area contributed by atoms with Crippen molar-refractivity contribution in [2.75, 3.05) is 67.2 Å². The Balaban J connectivity index is 1.43. The number of nitrogens with zero attached hydrogens (tertiary/aromatic N) is 6. The Morgan fingerprint density at radius 2 is 1.58 bits per heavy atom. The zero-order valence-electron chi connectivity index (χ0n) is 19.8. The first-order valence-electron chi connectivity index (χ1n) is 11.8. The Labute approximate surface area is 206 Å². The maximum absolute atomic E-state index is 13.9. The number of morpholine rings is 1. The zero-order chi connectivity index (χ0) is 25.3. The zero-order valence-corrected chi connectivity index (χ0v) is 19.8. The Kier molecular flexibility index (Phi) is 6.65. The molecule has 2 saturated heterocycles. The van der Waals surface area contributed by atoms with Crippen molar-refractivity contribution in [3.63, 3.8) is 0 Å². The number of alkyl halides is 3. The molecule has 2 fully saturated rings. The highest BCUT2D eigenvalue weighted by molar-refractivity contribution is 5.66. The number of hydrogen-bond donors (Lipinski definition) is 0. The van der Waals surface area contributed by atoms with Crippen LogP contribution in [-0.4, -0.2) is 67.4 Å². The van der Waals surface area contributed by atoms with Crippen LogP contribution in [0.2, 0.25) is 0 Å². The van der Waals surface area contributed by atoms with Gasteiger partial charge in [0.1, 0.15) is 17.5 Å². The first-order valence-corrected chi connectivity index (χ1v) is 11.8. The SMILES string of the molecule is Cc1cc(-c2cc(N3CCN(c4ncccc4C(F)(F)F)CC3)nc(N3CCOCC3)n2)ccc1F. The summed E-state index contributed by atoms with van der Waals surface area (Å²) in [4.78, 5) is 19.3. The lowest BCUT2D eigenvalue weighted by Gasteiger charge is -2.37. The van der Waals surface area contributed by atoms with E-state index in [-0.39, 0.29) is 11.6 Å². The van der Waals surface area contributed by atoms with E-state index in [1.807, 2.05) is 15.9 Å². The molecule has 0 unspecified atom stereocenters. The van der Waals surface area contributed by atoms with Crippen LogP contribution >= 0.6 is 0 Å². The van der Waals surface area contributed by atoms with Gasteiger partial charge < -0.3 is 19.4 Å². The molecular weight excluding hydrogens is 476 g/mol. The fourth-order valence-corrected chi connectivity index (χ4v) is 4.46. The summed E-state index contributed by atoms with van der Waals surface area (Å²) in [6, 6.07) is 9.08. The lowest BCUT2D eigenvalue weighted by Crippen LogP contribution is -2.48. The van der Waals surface area contributed by atoms with Crippen molar-refractivity contribution < 1.29 is 22.3 Å². The quantitative estimate of drug-likeness (QED) is 0.497. The molecule has 0 atom stereocenters. The van der Waals surface area contributed by atoms with Crippen molar-refractivity contribution in [2.45, 2.75) is 13.1 Å². The van der Waals surface area contributed by atoms with Gasteiger partial charge in [-0.15, -0.1) is 0 Å². The van der Waals surface area contributed by atoms with Crippen LogP contribution < -0.4 is 14.7 Å². The lowest BCUT2D eigenvalue weighted by atomic mass is 10.1. The summed E-state index contributed by atoms with van der Waals surface area (Å²) < 4.78 is 59.8. The molecule has 0 spiro atoms. The minimum atomic E-state index is -4.47. The number of aryl methyl sites for hydroxylation is 1. The van der Waals surface area contributed by atoms with E-state index in [4.69, 9.17) is 14.7 Å². The molecule has 0 radical (unpaired) electrons. The molecule has 0 bridgehead atoms. The predicted octanol–water partition coefficient (Wildman–Crippen LogP) is 4.17. The summed E-state index contributed by atoms with van der Waals surface area (Å²) >= 11 is 0. The topological polar surface area (TPSA) is 57.6 Å². The van der Waals surface area contributed by atoms with Gasteiger partial charge in [-0.1, -0.05) is 0 Å². The first-order chi connectivity index (χ1) is 17.3. The Morgan fingerprint density at radius 3 is 2.28 bits per heavy atom. The number of benzene rings is 1. The molecule has 0 aliphatic carbocycles. The van der Waals surface area contributed by atoms with E-state index >= 15 is 0 Å². The van der Waals surface area contributed by atoms with Gasteiger partial charge in [0.2, 0.25) is 5.95 Å². The fourth-order valence-electron chi connectivity index (χ4n) is 4.46. The van der Waals surface area contributed by atoms with Crippen molar-refractivity contribution in [1.82, 2.24) is 15.0 Å². The maximum Gasteiger partial charge on any atom is 0.419 e. The highest BCUT2D eigenvalue weighted by Crippen LogP contribution is 2.36. The molecule has 4 heterocycles. The molecule has 5 rings (SSSR count). The maximum atomic E-state index is 13.9. The summed E-state index contributed by atoms with van der Waals surface area (Å²) in [5.74, 6) is 0.897. The number of pyridine rings is 1. The van der Waals surface area contributed by atoms with E-state index in [0.717, 1.165) is 11.6 Å². The molecule has 2 aliphatic heterocycles. The van der Waals surface area contributed by atoms with Gasteiger partial charge in [0.15, 0.2) is 0 Å². The fraction of sp³-hybridized carbons (Fsp3) is 0.400. The van der Waals surface area contributed by atoms with Crippen LogP contribution in [0.1, 0.15) is 11.1 Å². The molecular formula is C25H26F4N6O. The number of hydrogen-bond acceptors (Lipinski definition) is 7. The lowest BCUT2D eigenvalue weighted by molar-refractivity contribution is -0.137. The Hall–Kier alpha value is -3.47. The second-order valence-corrected chi connectivity index (χ2v) is 8.82. The van der Waals surface area contributed by atoms with Gasteiger partial charge in [0, 0.05) is 57.1 Å². The number of anilines is 3. The van der Waals surface area contributed by atoms with Gasteiger partial charge in [-0.05, 0) is 42.8 Å². The number of halogens is 4. The van der Waals surface area contributed by atoms with Gasteiger partial charge in [0.25, 0.3) is 0 Å². The molecule has 0 amide bonds. The van der Waals surface area contributed by atoms with Crippen molar-refractivity contribution in [3.8, 4) is 11.3 Å². The van der Waals surface area contributed by atoms with E-state index in [2.05, 4.69) is 4.98 Å². The number of aromatic nitrogens is 3. The van der Waals surface area contributed by atoms with Gasteiger partial charge >= 0.3 is 6.18 Å². The molecule has 0 N–H and O–H groups in total. The van der Waals surface area contributed by atoms with E-state index in [1.165, 1.54) is 18.3 Å². The predicted molar refractivity (Wildman–Crippen MR) is 129 cm³/mol. The first kappa shape index (κ1) is 24.2. The average molecular weight is 503 g/mol. The van der Waals surface area contributed by atoms with Crippen LogP contribution in [0, 0.1) is 12.7 Å². The molecule has 190 valence electrons. The second-order valence-electron chi connectivity index (χ2n) is 8.82. The van der Waals surface area contributed by atoms with Gasteiger partial charge in [-0.2, -0.15) is 18.2 Å². The minimum Gasteiger partial charge on any atom is -0.378 e. The second kappa shape index (κ2) is 9.88. The molecule has 0 saturated carbocycles. The van der Waals surface area contributed by atoms with Crippen LogP contribution in [-0.2, 0) is 10.9 Å². The molecule has 7 nitrogen and oxygen atoms in total. The van der Waals surface area contributed by atoms with Gasteiger partial charge in [-0.3, -0.25) is 0 Å².